The van der Waals surface area contributed by atoms with Crippen molar-refractivity contribution < 1.29 is 4.79 Å². The molecular weight excluding hydrogens is 251 g/mol. The molecule has 0 saturated heterocycles. The summed E-state index contributed by atoms with van der Waals surface area (Å²) >= 11 is 17.3. The summed E-state index contributed by atoms with van der Waals surface area (Å²) in [5.74, 6) is 0.743. The Kier molecular flexibility index (Phi) is 7.71. The Hall–Kier alpha value is 0.890. The van der Waals surface area contributed by atoms with Crippen molar-refractivity contribution in [2.24, 2.45) is 0 Å². The predicted molar refractivity (Wildman–Crippen MR) is 61.9 cm³/mol. The molecule has 0 aromatic rings. The van der Waals surface area contributed by atoms with Crippen molar-refractivity contribution in [3.8, 4) is 0 Å². The van der Waals surface area contributed by atoms with Crippen LogP contribution in [0.15, 0.2) is 0 Å². The van der Waals surface area contributed by atoms with Crippen molar-refractivity contribution in [3.05, 3.63) is 0 Å². The molecule has 1 nitrogen and oxygen atoms in total. The normalized spacial score (nSPS) is 11.7. The van der Waals surface area contributed by atoms with E-state index in [1.165, 1.54) is 12.8 Å². The van der Waals surface area contributed by atoms with Gasteiger partial charge in [-0.25, -0.2) is 0 Å². The van der Waals surface area contributed by atoms with Crippen molar-refractivity contribution in [3.63, 3.8) is 0 Å². The van der Waals surface area contributed by atoms with Gasteiger partial charge in [0.2, 0.25) is 5.12 Å². The molecule has 0 bridgehead atoms. The standard InChI is InChI=1S/C8H13Cl3OS/c1-2-3-4-5-6-13-7(12)8(9,10)11/h2-6H2,1H3. The van der Waals surface area contributed by atoms with E-state index in [-0.39, 0.29) is 5.12 Å². The molecule has 0 aliphatic carbocycles. The molecule has 0 rings (SSSR count). The summed E-state index contributed by atoms with van der Waals surface area (Å²) in [5, 5.41) is -0.381. The van der Waals surface area contributed by atoms with Crippen molar-refractivity contribution in [1.29, 1.82) is 0 Å². The Balaban J connectivity index is 3.38. The molecule has 5 heteroatoms. The van der Waals surface area contributed by atoms with Crippen LogP contribution in [0.2, 0.25) is 0 Å². The van der Waals surface area contributed by atoms with Gasteiger partial charge in [-0.15, -0.1) is 0 Å². The summed E-state index contributed by atoms with van der Waals surface area (Å²) in [7, 11) is 0. The minimum absolute atomic E-state index is 0.381. The fourth-order valence-electron chi connectivity index (χ4n) is 0.776. The molecule has 0 N–H and O–H groups in total. The van der Waals surface area contributed by atoms with Gasteiger partial charge in [-0.3, -0.25) is 4.79 Å². The second-order valence-corrected chi connectivity index (χ2v) is 6.04. The number of thioether (sulfide) groups is 1. The molecule has 0 aromatic carbocycles. The SMILES string of the molecule is CCCCCCSC(=O)C(Cl)(Cl)Cl. The number of unbranched alkanes of at least 4 members (excludes halogenated alkanes) is 3. The highest BCUT2D eigenvalue weighted by atomic mass is 35.6. The average Bonchev–Trinajstić information content (AvgIpc) is 2.02. The Morgan fingerprint density at radius 2 is 1.85 bits per heavy atom. The lowest BCUT2D eigenvalue weighted by molar-refractivity contribution is -0.110. The highest BCUT2D eigenvalue weighted by Crippen LogP contribution is 2.32. The van der Waals surface area contributed by atoms with Gasteiger partial charge in [0.15, 0.2) is 0 Å². The quantitative estimate of drug-likeness (QED) is 0.546. The lowest BCUT2D eigenvalue weighted by Gasteiger charge is -2.07. The van der Waals surface area contributed by atoms with Crippen LogP contribution in [0.4, 0.5) is 0 Å². The van der Waals surface area contributed by atoms with Gasteiger partial charge in [-0.05, 0) is 6.42 Å². The fourth-order valence-corrected chi connectivity index (χ4v) is 1.96. The first kappa shape index (κ1) is 13.9. The summed E-state index contributed by atoms with van der Waals surface area (Å²) < 4.78 is -1.75. The largest absolute Gasteiger partial charge is 0.282 e. The highest BCUT2D eigenvalue weighted by molar-refractivity contribution is 8.14. The van der Waals surface area contributed by atoms with Crippen LogP contribution in [0.3, 0.4) is 0 Å². The van der Waals surface area contributed by atoms with Crippen LogP contribution < -0.4 is 0 Å². The molecule has 0 unspecified atom stereocenters. The van der Waals surface area contributed by atoms with Gasteiger partial charge in [0, 0.05) is 5.75 Å². The van der Waals surface area contributed by atoms with Crippen molar-refractivity contribution in [1.82, 2.24) is 0 Å². The molecule has 0 heterocycles. The molecular formula is C8H13Cl3OS. The average molecular weight is 264 g/mol. The van der Waals surface area contributed by atoms with Crippen LogP contribution >= 0.6 is 46.6 Å². The van der Waals surface area contributed by atoms with E-state index in [1.807, 2.05) is 0 Å². The molecule has 0 radical (unpaired) electrons. The van der Waals surface area contributed by atoms with E-state index in [0.717, 1.165) is 30.4 Å². The zero-order valence-corrected chi connectivity index (χ0v) is 10.6. The van der Waals surface area contributed by atoms with Gasteiger partial charge in [0.25, 0.3) is 3.79 Å². The maximum atomic E-state index is 11.1. The summed E-state index contributed by atoms with van der Waals surface area (Å²) in [4.78, 5) is 11.1. The summed E-state index contributed by atoms with van der Waals surface area (Å²) in [6.45, 7) is 2.14. The van der Waals surface area contributed by atoms with E-state index in [2.05, 4.69) is 6.92 Å². The summed E-state index contributed by atoms with van der Waals surface area (Å²) in [5.41, 5.74) is 0. The van der Waals surface area contributed by atoms with Crippen LogP contribution in [0.5, 0.6) is 0 Å². The molecule has 0 aliphatic rings. The molecule has 0 saturated carbocycles. The minimum Gasteiger partial charge on any atom is -0.282 e. The minimum atomic E-state index is -1.75. The zero-order chi connectivity index (χ0) is 10.3. The number of hydrogen-bond donors (Lipinski definition) is 0. The number of halogens is 3. The molecule has 78 valence electrons. The molecule has 0 aliphatic heterocycles. The predicted octanol–water partition coefficient (Wildman–Crippen LogP) is 4.20. The first-order chi connectivity index (χ1) is 5.98. The maximum Gasteiger partial charge on any atom is 0.259 e. The van der Waals surface area contributed by atoms with E-state index < -0.39 is 3.79 Å². The molecule has 0 atom stereocenters. The first-order valence-corrected chi connectivity index (χ1v) is 6.34. The van der Waals surface area contributed by atoms with Crippen LogP contribution in [0.25, 0.3) is 0 Å². The van der Waals surface area contributed by atoms with Crippen LogP contribution in [-0.2, 0) is 4.79 Å². The van der Waals surface area contributed by atoms with Crippen LogP contribution in [0, 0.1) is 0 Å². The zero-order valence-electron chi connectivity index (χ0n) is 7.49. The van der Waals surface area contributed by atoms with Gasteiger partial charge in [-0.2, -0.15) is 0 Å². The molecule has 0 aromatic heterocycles. The van der Waals surface area contributed by atoms with Gasteiger partial charge < -0.3 is 0 Å². The Morgan fingerprint density at radius 3 is 2.31 bits per heavy atom. The van der Waals surface area contributed by atoms with Gasteiger partial charge >= 0.3 is 0 Å². The highest BCUT2D eigenvalue weighted by Gasteiger charge is 2.30. The smallest absolute Gasteiger partial charge is 0.259 e. The Morgan fingerprint density at radius 1 is 1.23 bits per heavy atom. The number of alkyl halides is 3. The molecule has 0 fully saturated rings. The van der Waals surface area contributed by atoms with Crippen molar-refractivity contribution in [2.45, 2.75) is 36.4 Å². The van der Waals surface area contributed by atoms with Crippen molar-refractivity contribution in [2.75, 3.05) is 5.75 Å². The van der Waals surface area contributed by atoms with E-state index in [9.17, 15) is 4.79 Å². The number of hydrogen-bond acceptors (Lipinski definition) is 2. The first-order valence-electron chi connectivity index (χ1n) is 4.22. The Bertz CT molecular complexity index is 156. The van der Waals surface area contributed by atoms with E-state index in [4.69, 9.17) is 34.8 Å². The van der Waals surface area contributed by atoms with Crippen molar-refractivity contribution >= 4 is 51.7 Å². The second-order valence-electron chi connectivity index (χ2n) is 2.69. The molecule has 13 heavy (non-hydrogen) atoms. The number of carbonyl (C=O) groups excluding carboxylic acids is 1. The molecule has 0 spiro atoms. The number of rotatable bonds is 5. The van der Waals surface area contributed by atoms with E-state index >= 15 is 0 Å². The van der Waals surface area contributed by atoms with Gasteiger partial charge in [0.05, 0.1) is 0 Å². The monoisotopic (exact) mass is 262 g/mol. The van der Waals surface area contributed by atoms with E-state index in [1.54, 1.807) is 0 Å². The summed E-state index contributed by atoms with van der Waals surface area (Å²) in [6.07, 6.45) is 4.52. The maximum absolute atomic E-state index is 11.1. The van der Waals surface area contributed by atoms with E-state index in [0.29, 0.717) is 0 Å². The lowest BCUT2D eigenvalue weighted by atomic mass is 10.2. The summed E-state index contributed by atoms with van der Waals surface area (Å²) in [6, 6.07) is 0. The third kappa shape index (κ3) is 7.92. The molecule has 0 amide bonds. The van der Waals surface area contributed by atoms with Gasteiger partial charge in [0.1, 0.15) is 0 Å². The topological polar surface area (TPSA) is 17.1 Å². The number of carbonyl (C=O) groups is 1. The lowest BCUT2D eigenvalue weighted by Crippen LogP contribution is -2.15. The van der Waals surface area contributed by atoms with Gasteiger partial charge in [-0.1, -0.05) is 72.8 Å². The third-order valence-corrected chi connectivity index (χ3v) is 3.37. The fraction of sp³-hybridized carbons (Fsp3) is 0.875. The van der Waals surface area contributed by atoms with Crippen LogP contribution in [0.1, 0.15) is 32.6 Å². The third-order valence-electron chi connectivity index (χ3n) is 1.46. The Labute approximate surface area is 98.5 Å². The second kappa shape index (κ2) is 7.22. The van der Waals surface area contributed by atoms with Crippen LogP contribution in [-0.4, -0.2) is 14.7 Å².